The molecule has 0 heterocycles. The maximum atomic E-state index is 14.6. The molecule has 4 aromatic carbocycles. The van der Waals surface area contributed by atoms with E-state index < -0.39 is 28.5 Å². The molecule has 0 spiro atoms. The minimum absolute atomic E-state index is 0.0107. The highest BCUT2D eigenvalue weighted by molar-refractivity contribution is 7.92. The zero-order valence-electron chi connectivity index (χ0n) is 25.6. The molecule has 7 nitrogen and oxygen atoms in total. The topological polar surface area (TPSA) is 86.8 Å². The van der Waals surface area contributed by atoms with Crippen molar-refractivity contribution in [3.8, 4) is 0 Å². The number of amides is 2. The van der Waals surface area contributed by atoms with Crippen molar-refractivity contribution in [3.63, 3.8) is 0 Å². The summed E-state index contributed by atoms with van der Waals surface area (Å²) in [7, 11) is -4.22. The maximum absolute atomic E-state index is 14.6. The van der Waals surface area contributed by atoms with Crippen LogP contribution < -0.4 is 9.62 Å². The predicted molar refractivity (Wildman–Crippen MR) is 183 cm³/mol. The SMILES string of the molecule is Cc1ccc(N(CC(=O)N(Cc2ccccc2Cl)[C@H](Cc2ccccc2)C(=O)NC2CCCC2)S(=O)(=O)c2ccc(Cl)cc2)cc1. The molecule has 1 saturated carbocycles. The summed E-state index contributed by atoms with van der Waals surface area (Å²) in [5.74, 6) is -0.820. The highest BCUT2D eigenvalue weighted by Gasteiger charge is 2.35. The predicted octanol–water partition coefficient (Wildman–Crippen LogP) is 7.20. The number of rotatable bonds is 12. The maximum Gasteiger partial charge on any atom is 0.264 e. The summed E-state index contributed by atoms with van der Waals surface area (Å²) < 4.78 is 29.4. The van der Waals surface area contributed by atoms with Crippen LogP contribution in [0.4, 0.5) is 5.69 Å². The molecule has 0 aliphatic heterocycles. The molecular formula is C36H37Cl2N3O4S. The molecule has 5 rings (SSSR count). The van der Waals surface area contributed by atoms with Crippen LogP contribution in [0.3, 0.4) is 0 Å². The fourth-order valence-corrected chi connectivity index (χ4v) is 7.44. The van der Waals surface area contributed by atoms with Crippen LogP contribution in [0.25, 0.3) is 0 Å². The van der Waals surface area contributed by atoms with Crippen LogP contribution in [0.15, 0.2) is 108 Å². The Hall–Kier alpha value is -3.85. The van der Waals surface area contributed by atoms with Crippen LogP contribution in [0, 0.1) is 6.92 Å². The van der Waals surface area contributed by atoms with Crippen molar-refractivity contribution in [1.82, 2.24) is 10.2 Å². The number of benzene rings is 4. The van der Waals surface area contributed by atoms with Gasteiger partial charge in [0.1, 0.15) is 12.6 Å². The molecular weight excluding hydrogens is 641 g/mol. The van der Waals surface area contributed by atoms with Gasteiger partial charge in [-0.05, 0) is 73.4 Å². The van der Waals surface area contributed by atoms with E-state index in [9.17, 15) is 18.0 Å². The van der Waals surface area contributed by atoms with Crippen molar-refractivity contribution in [1.29, 1.82) is 0 Å². The molecule has 0 unspecified atom stereocenters. The Morgan fingerprint density at radius 2 is 1.48 bits per heavy atom. The first-order valence-corrected chi connectivity index (χ1v) is 17.5. The third kappa shape index (κ3) is 8.29. The normalized spacial score (nSPS) is 14.1. The van der Waals surface area contributed by atoms with Crippen molar-refractivity contribution < 1.29 is 18.0 Å². The van der Waals surface area contributed by atoms with E-state index >= 15 is 0 Å². The second-order valence-electron chi connectivity index (χ2n) is 11.6. The Kier molecular flexibility index (Phi) is 11.0. The van der Waals surface area contributed by atoms with Crippen molar-refractivity contribution >= 4 is 50.7 Å². The van der Waals surface area contributed by atoms with E-state index in [1.807, 2.05) is 43.3 Å². The second kappa shape index (κ2) is 15.2. The van der Waals surface area contributed by atoms with E-state index in [1.54, 1.807) is 42.5 Å². The van der Waals surface area contributed by atoms with Crippen molar-refractivity contribution in [2.75, 3.05) is 10.8 Å². The van der Waals surface area contributed by atoms with Crippen LogP contribution in [0.5, 0.6) is 0 Å². The number of aryl methyl sites for hydroxylation is 1. The number of carbonyl (C=O) groups is 2. The first kappa shape index (κ1) is 33.5. The van der Waals surface area contributed by atoms with Crippen molar-refractivity contribution in [3.05, 3.63) is 130 Å². The van der Waals surface area contributed by atoms with Crippen LogP contribution in [-0.4, -0.2) is 43.8 Å². The van der Waals surface area contributed by atoms with Gasteiger partial charge in [-0.15, -0.1) is 0 Å². The third-order valence-corrected chi connectivity index (χ3v) is 10.7. The fourth-order valence-electron chi connectivity index (χ4n) is 5.71. The zero-order chi connectivity index (χ0) is 32.7. The van der Waals surface area contributed by atoms with Gasteiger partial charge in [0, 0.05) is 29.1 Å². The summed E-state index contributed by atoms with van der Waals surface area (Å²) in [5, 5.41) is 4.01. The Morgan fingerprint density at radius 1 is 0.848 bits per heavy atom. The first-order chi connectivity index (χ1) is 22.1. The largest absolute Gasteiger partial charge is 0.352 e. The molecule has 1 aliphatic rings. The lowest BCUT2D eigenvalue weighted by Crippen LogP contribution is -2.54. The minimum atomic E-state index is -4.22. The number of anilines is 1. The minimum Gasteiger partial charge on any atom is -0.352 e. The molecule has 46 heavy (non-hydrogen) atoms. The first-order valence-electron chi connectivity index (χ1n) is 15.3. The molecule has 2 amide bonds. The van der Waals surface area contributed by atoms with E-state index in [0.29, 0.717) is 21.3 Å². The zero-order valence-corrected chi connectivity index (χ0v) is 27.9. The number of carbonyl (C=O) groups excluding carboxylic acids is 2. The quantitative estimate of drug-likeness (QED) is 0.172. The van der Waals surface area contributed by atoms with Gasteiger partial charge in [-0.1, -0.05) is 102 Å². The summed E-state index contributed by atoms with van der Waals surface area (Å²) in [5.41, 5.74) is 2.77. The number of sulfonamides is 1. The number of nitrogens with one attached hydrogen (secondary N) is 1. The van der Waals surface area contributed by atoms with E-state index in [0.717, 1.165) is 41.1 Å². The standard InChI is InChI=1S/C36H37Cl2N3O4S/c1-26-15-19-31(20-16-26)41(46(44,45)32-21-17-29(37)18-22-32)25-35(42)40(24-28-11-5-8-14-33(28)38)34(23-27-9-3-2-4-10-27)36(43)39-30-12-6-7-13-30/h2-5,8-11,14-22,30,34H,6-7,12-13,23-25H2,1H3,(H,39,43)/t34-/m1/s1. The Balaban J connectivity index is 1.57. The van der Waals surface area contributed by atoms with Crippen LogP contribution in [0.2, 0.25) is 10.0 Å². The van der Waals surface area contributed by atoms with Crippen LogP contribution >= 0.6 is 23.2 Å². The fraction of sp³-hybridized carbons (Fsp3) is 0.278. The number of nitrogens with zero attached hydrogens (tertiary/aromatic N) is 2. The molecule has 0 saturated heterocycles. The summed E-state index contributed by atoms with van der Waals surface area (Å²) in [6.45, 7) is 1.37. The Labute approximate surface area is 281 Å². The van der Waals surface area contributed by atoms with Gasteiger partial charge in [0.15, 0.2) is 0 Å². The van der Waals surface area contributed by atoms with Gasteiger partial charge in [0.2, 0.25) is 11.8 Å². The molecule has 1 atom stereocenters. The molecule has 1 fully saturated rings. The van der Waals surface area contributed by atoms with E-state index in [2.05, 4.69) is 5.32 Å². The lowest BCUT2D eigenvalue weighted by molar-refractivity contribution is -0.140. The molecule has 0 aromatic heterocycles. The molecule has 4 aromatic rings. The number of halogens is 2. The third-order valence-electron chi connectivity index (χ3n) is 8.27. The molecule has 0 radical (unpaired) electrons. The molecule has 1 N–H and O–H groups in total. The van der Waals surface area contributed by atoms with Crippen molar-refractivity contribution in [2.45, 2.75) is 62.6 Å². The lowest BCUT2D eigenvalue weighted by Gasteiger charge is -2.34. The summed E-state index contributed by atoms with van der Waals surface area (Å²) >= 11 is 12.6. The van der Waals surface area contributed by atoms with E-state index in [1.165, 1.54) is 29.2 Å². The summed E-state index contributed by atoms with van der Waals surface area (Å²) in [6.07, 6.45) is 4.06. The van der Waals surface area contributed by atoms with E-state index in [-0.39, 0.29) is 29.8 Å². The van der Waals surface area contributed by atoms with Gasteiger partial charge in [0.05, 0.1) is 10.6 Å². The number of hydrogen-bond acceptors (Lipinski definition) is 4. The molecule has 0 bridgehead atoms. The highest BCUT2D eigenvalue weighted by Crippen LogP contribution is 2.27. The second-order valence-corrected chi connectivity index (χ2v) is 14.3. The summed E-state index contributed by atoms with van der Waals surface area (Å²) in [4.78, 5) is 30.1. The van der Waals surface area contributed by atoms with Crippen LogP contribution in [0.1, 0.15) is 42.4 Å². The van der Waals surface area contributed by atoms with Gasteiger partial charge in [-0.3, -0.25) is 13.9 Å². The summed E-state index contributed by atoms with van der Waals surface area (Å²) in [6, 6.07) is 28.5. The van der Waals surface area contributed by atoms with Gasteiger partial charge < -0.3 is 10.2 Å². The molecule has 1 aliphatic carbocycles. The average Bonchev–Trinajstić information content (AvgIpc) is 3.56. The van der Waals surface area contributed by atoms with Crippen LogP contribution in [-0.2, 0) is 32.6 Å². The number of hydrogen-bond donors (Lipinski definition) is 1. The average molecular weight is 679 g/mol. The monoisotopic (exact) mass is 677 g/mol. The Bertz CT molecular complexity index is 1740. The van der Waals surface area contributed by atoms with Gasteiger partial charge in [0.25, 0.3) is 10.0 Å². The Morgan fingerprint density at radius 3 is 2.13 bits per heavy atom. The van der Waals surface area contributed by atoms with Gasteiger partial charge in [-0.2, -0.15) is 0 Å². The van der Waals surface area contributed by atoms with Gasteiger partial charge >= 0.3 is 0 Å². The molecule has 240 valence electrons. The van der Waals surface area contributed by atoms with Crippen molar-refractivity contribution in [2.24, 2.45) is 0 Å². The van der Waals surface area contributed by atoms with E-state index in [4.69, 9.17) is 23.2 Å². The smallest absolute Gasteiger partial charge is 0.264 e. The lowest BCUT2D eigenvalue weighted by atomic mass is 10.0. The highest BCUT2D eigenvalue weighted by atomic mass is 35.5. The molecule has 10 heteroatoms. The van der Waals surface area contributed by atoms with Gasteiger partial charge in [-0.25, -0.2) is 8.42 Å².